The van der Waals surface area contributed by atoms with Gasteiger partial charge in [-0.25, -0.2) is 0 Å². The highest BCUT2D eigenvalue weighted by Crippen LogP contribution is 2.37. The van der Waals surface area contributed by atoms with Crippen molar-refractivity contribution in [1.29, 1.82) is 0 Å². The predicted molar refractivity (Wildman–Crippen MR) is 141 cm³/mol. The normalized spacial score (nSPS) is 12.7. The average Bonchev–Trinajstić information content (AvgIpc) is 2.76. The highest BCUT2D eigenvalue weighted by molar-refractivity contribution is 5.80. The van der Waals surface area contributed by atoms with Gasteiger partial charge in [0.25, 0.3) is 0 Å². The monoisotopic (exact) mass is 410 g/mol. The first-order chi connectivity index (χ1) is 15.1. The number of ether oxygens (including phenoxy) is 1. The summed E-state index contributed by atoms with van der Waals surface area (Å²) in [6.45, 7) is 12.2. The fraction of sp³-hybridized carbons (Fsp3) is 0.200. The lowest BCUT2D eigenvalue weighted by atomic mass is 9.97. The van der Waals surface area contributed by atoms with Crippen LogP contribution in [0.25, 0.3) is 36.5 Å². The van der Waals surface area contributed by atoms with Gasteiger partial charge in [-0.3, -0.25) is 0 Å². The van der Waals surface area contributed by atoms with E-state index in [4.69, 9.17) is 4.74 Å². The highest BCUT2D eigenvalue weighted by atomic mass is 16.5. The van der Waals surface area contributed by atoms with Crippen LogP contribution in [0, 0.1) is 0 Å². The Kier molecular flexibility index (Phi) is 9.58. The molecule has 1 nitrogen and oxygen atoms in total. The molecule has 2 rings (SSSR count). The summed E-state index contributed by atoms with van der Waals surface area (Å²) < 4.78 is 6.57. The van der Waals surface area contributed by atoms with E-state index in [1.54, 1.807) is 0 Å². The van der Waals surface area contributed by atoms with Crippen molar-refractivity contribution in [3.05, 3.63) is 94.1 Å². The number of rotatable bonds is 8. The highest BCUT2D eigenvalue weighted by Gasteiger charge is 2.14. The van der Waals surface area contributed by atoms with Gasteiger partial charge >= 0.3 is 0 Å². The molecular weight excluding hydrogens is 376 g/mol. The molecule has 1 heteroatoms. The van der Waals surface area contributed by atoms with Crippen LogP contribution in [-0.4, -0.2) is 0 Å². The van der Waals surface area contributed by atoms with Crippen molar-refractivity contribution in [2.45, 2.75) is 41.5 Å². The van der Waals surface area contributed by atoms with Crippen LogP contribution in [-0.2, 0) is 0 Å². The maximum atomic E-state index is 6.57. The third kappa shape index (κ3) is 5.86. The SMILES string of the molecule is CC=Cc1ccc(Oc2ccc(C=CC)c(C=CC)c2C=CC)c(C=CC)c1C=CC. The number of allylic oxidation sites excluding steroid dienone is 6. The van der Waals surface area contributed by atoms with Crippen LogP contribution in [0.3, 0.4) is 0 Å². The maximum absolute atomic E-state index is 6.57. The van der Waals surface area contributed by atoms with Gasteiger partial charge in [-0.05, 0) is 75.9 Å². The lowest BCUT2D eigenvalue weighted by molar-refractivity contribution is 0.480. The first kappa shape index (κ1) is 24.0. The molecule has 0 atom stereocenters. The number of hydrogen-bond donors (Lipinski definition) is 0. The summed E-state index contributed by atoms with van der Waals surface area (Å²) in [4.78, 5) is 0. The molecule has 0 saturated heterocycles. The Morgan fingerprint density at radius 1 is 0.419 bits per heavy atom. The van der Waals surface area contributed by atoms with Crippen molar-refractivity contribution in [3.8, 4) is 11.5 Å². The third-order valence-electron chi connectivity index (χ3n) is 4.81. The smallest absolute Gasteiger partial charge is 0.135 e. The van der Waals surface area contributed by atoms with Crippen LogP contribution in [0.5, 0.6) is 11.5 Å². The Balaban J connectivity index is 2.75. The Bertz CT molecular complexity index is 971. The predicted octanol–water partition coefficient (Wildman–Crippen LogP) is 9.68. The minimum atomic E-state index is 0.843. The molecule has 2 aromatic carbocycles. The second-order valence-electron chi connectivity index (χ2n) is 7.06. The summed E-state index contributed by atoms with van der Waals surface area (Å²) >= 11 is 0. The molecule has 2 aromatic rings. The zero-order valence-electron chi connectivity index (χ0n) is 19.6. The zero-order chi connectivity index (χ0) is 22.6. The summed E-state index contributed by atoms with van der Waals surface area (Å²) in [5.74, 6) is 1.69. The summed E-state index contributed by atoms with van der Waals surface area (Å²) in [6, 6.07) is 8.36. The van der Waals surface area contributed by atoms with Gasteiger partial charge in [-0.2, -0.15) is 0 Å². The van der Waals surface area contributed by atoms with Crippen LogP contribution in [0.15, 0.2) is 60.7 Å². The summed E-state index contributed by atoms with van der Waals surface area (Å²) in [6.07, 6.45) is 25.2. The molecule has 0 amide bonds. The van der Waals surface area contributed by atoms with E-state index in [2.05, 4.69) is 97.2 Å². The maximum Gasteiger partial charge on any atom is 0.135 e. The van der Waals surface area contributed by atoms with Crippen LogP contribution in [0.1, 0.15) is 74.9 Å². The van der Waals surface area contributed by atoms with E-state index >= 15 is 0 Å². The summed E-state index contributed by atoms with van der Waals surface area (Å²) in [7, 11) is 0. The molecule has 0 aliphatic carbocycles. The first-order valence-corrected chi connectivity index (χ1v) is 10.9. The van der Waals surface area contributed by atoms with E-state index in [0.29, 0.717) is 0 Å². The van der Waals surface area contributed by atoms with Gasteiger partial charge < -0.3 is 4.74 Å². The molecule has 0 fully saturated rings. The quantitative estimate of drug-likeness (QED) is 0.421. The van der Waals surface area contributed by atoms with Crippen LogP contribution in [0.2, 0.25) is 0 Å². The summed E-state index contributed by atoms with van der Waals surface area (Å²) in [5.41, 5.74) is 6.81. The molecule has 0 N–H and O–H groups in total. The molecule has 0 saturated carbocycles. The minimum Gasteiger partial charge on any atom is -0.456 e. The zero-order valence-corrected chi connectivity index (χ0v) is 19.6. The van der Waals surface area contributed by atoms with Gasteiger partial charge in [0.15, 0.2) is 0 Å². The van der Waals surface area contributed by atoms with Crippen LogP contribution < -0.4 is 4.74 Å². The fourth-order valence-electron chi connectivity index (χ4n) is 3.60. The number of hydrogen-bond acceptors (Lipinski definition) is 1. The second-order valence-corrected chi connectivity index (χ2v) is 7.06. The van der Waals surface area contributed by atoms with E-state index in [1.165, 1.54) is 11.1 Å². The number of benzene rings is 2. The largest absolute Gasteiger partial charge is 0.456 e. The van der Waals surface area contributed by atoms with E-state index in [9.17, 15) is 0 Å². The standard InChI is InChI=1S/C30H34O/c1-7-13-23-19-21-29(27(17-11-5)25(23)15-9-3)31-30-22-20-24(14-8-2)26(16-10-4)28(30)18-12-6/h7-22H,1-6H3. The molecule has 0 unspecified atom stereocenters. The molecule has 0 spiro atoms. The molecule has 31 heavy (non-hydrogen) atoms. The molecule has 160 valence electrons. The van der Waals surface area contributed by atoms with Gasteiger partial charge in [0, 0.05) is 11.1 Å². The average molecular weight is 411 g/mol. The molecular formula is C30H34O. The van der Waals surface area contributed by atoms with Crippen molar-refractivity contribution in [3.63, 3.8) is 0 Å². The first-order valence-electron chi connectivity index (χ1n) is 10.9. The Labute approximate surface area is 188 Å². The topological polar surface area (TPSA) is 9.23 Å². The summed E-state index contributed by atoms with van der Waals surface area (Å²) in [5, 5.41) is 0. The molecule has 0 radical (unpaired) electrons. The van der Waals surface area contributed by atoms with E-state index in [-0.39, 0.29) is 0 Å². The Hall–Kier alpha value is -3.32. The lowest BCUT2D eigenvalue weighted by Crippen LogP contribution is -1.97. The molecule has 0 bridgehead atoms. The van der Waals surface area contributed by atoms with Crippen molar-refractivity contribution in [2.24, 2.45) is 0 Å². The van der Waals surface area contributed by atoms with Crippen molar-refractivity contribution < 1.29 is 4.74 Å². The van der Waals surface area contributed by atoms with Gasteiger partial charge in [-0.1, -0.05) is 85.0 Å². The van der Waals surface area contributed by atoms with E-state index in [0.717, 1.165) is 33.8 Å². The third-order valence-corrected chi connectivity index (χ3v) is 4.81. The van der Waals surface area contributed by atoms with Crippen LogP contribution in [0.4, 0.5) is 0 Å². The molecule has 0 aliphatic heterocycles. The molecule has 0 aromatic heterocycles. The Morgan fingerprint density at radius 3 is 1.06 bits per heavy atom. The van der Waals surface area contributed by atoms with Gasteiger partial charge in [0.1, 0.15) is 11.5 Å². The molecule has 0 aliphatic rings. The van der Waals surface area contributed by atoms with Crippen LogP contribution >= 0.6 is 0 Å². The fourth-order valence-corrected chi connectivity index (χ4v) is 3.60. The van der Waals surface area contributed by atoms with Gasteiger partial charge in [0.2, 0.25) is 0 Å². The van der Waals surface area contributed by atoms with Crippen molar-refractivity contribution >= 4 is 36.5 Å². The van der Waals surface area contributed by atoms with Gasteiger partial charge in [0.05, 0.1) is 0 Å². The van der Waals surface area contributed by atoms with Crippen molar-refractivity contribution in [1.82, 2.24) is 0 Å². The minimum absolute atomic E-state index is 0.843. The van der Waals surface area contributed by atoms with Gasteiger partial charge in [-0.15, -0.1) is 0 Å². The Morgan fingerprint density at radius 2 is 0.742 bits per heavy atom. The van der Waals surface area contributed by atoms with E-state index in [1.807, 2.05) is 41.5 Å². The lowest BCUT2D eigenvalue weighted by Gasteiger charge is -2.17. The van der Waals surface area contributed by atoms with Crippen molar-refractivity contribution in [2.75, 3.05) is 0 Å². The second kappa shape index (κ2) is 12.4. The van der Waals surface area contributed by atoms with E-state index < -0.39 is 0 Å². The molecule has 0 heterocycles.